The minimum Gasteiger partial charge on any atom is -0.480 e. The second-order valence-corrected chi connectivity index (χ2v) is 7.93. The van der Waals surface area contributed by atoms with Gasteiger partial charge in [-0.1, -0.05) is 0 Å². The van der Waals surface area contributed by atoms with E-state index in [1.807, 2.05) is 0 Å². The van der Waals surface area contributed by atoms with E-state index in [9.17, 15) is 29.4 Å². The number of likely N-dealkylation sites (tertiary alicyclic amines) is 1. The summed E-state index contributed by atoms with van der Waals surface area (Å²) in [4.78, 5) is 54.7. The highest BCUT2D eigenvalue weighted by atomic mass is 16.4. The average molecular weight is 456 g/mol. The van der Waals surface area contributed by atoms with Crippen molar-refractivity contribution < 1.29 is 29.4 Å². The van der Waals surface area contributed by atoms with E-state index in [0.717, 1.165) is 6.42 Å². The standard InChI is InChI=1S/C19H33N7O6/c20-19(21)23-8-2-5-12(17(30)26-9-3-6-14(26)18(31)32)24-16(29)13(10-27)25-15(28)11-4-1-7-22-11/h11-14,22,27H,1-10H2,(H,24,29)(H,25,28)(H,31,32)(H4,20,21,23). The first-order valence-corrected chi connectivity index (χ1v) is 10.8. The van der Waals surface area contributed by atoms with E-state index in [0.29, 0.717) is 32.2 Å². The van der Waals surface area contributed by atoms with Gasteiger partial charge in [0, 0.05) is 13.1 Å². The molecular formula is C19H33N7O6. The second-order valence-electron chi connectivity index (χ2n) is 7.93. The average Bonchev–Trinajstić information content (AvgIpc) is 3.45. The molecule has 0 bridgehead atoms. The van der Waals surface area contributed by atoms with Gasteiger partial charge in [-0.05, 0) is 45.1 Å². The minimum atomic E-state index is -1.24. The number of nitrogens with two attached hydrogens (primary N) is 2. The summed E-state index contributed by atoms with van der Waals surface area (Å²) in [6.45, 7) is 0.531. The Morgan fingerprint density at radius 3 is 2.47 bits per heavy atom. The molecular weight excluding hydrogens is 422 g/mol. The van der Waals surface area contributed by atoms with Crippen molar-refractivity contribution in [2.75, 3.05) is 26.2 Å². The van der Waals surface area contributed by atoms with Crippen LogP contribution in [0.4, 0.5) is 0 Å². The number of carbonyl (C=O) groups excluding carboxylic acids is 3. The quantitative estimate of drug-likeness (QED) is 0.0949. The third-order valence-corrected chi connectivity index (χ3v) is 5.57. The molecule has 2 aliphatic rings. The maximum atomic E-state index is 13.1. The lowest BCUT2D eigenvalue weighted by Crippen LogP contribution is -2.58. The SMILES string of the molecule is NC(N)=NCCCC(NC(=O)C(CO)NC(=O)C1CCCN1)C(=O)N1CCCC1C(=O)O. The van der Waals surface area contributed by atoms with Crippen LogP contribution in [0.15, 0.2) is 4.99 Å². The number of carboxylic acids is 1. The molecule has 9 N–H and O–H groups in total. The van der Waals surface area contributed by atoms with Gasteiger partial charge in [-0.15, -0.1) is 0 Å². The van der Waals surface area contributed by atoms with Crippen LogP contribution in [-0.2, 0) is 19.2 Å². The van der Waals surface area contributed by atoms with Crippen molar-refractivity contribution in [1.29, 1.82) is 0 Å². The van der Waals surface area contributed by atoms with Crippen molar-refractivity contribution in [3.05, 3.63) is 0 Å². The second kappa shape index (κ2) is 12.2. The molecule has 180 valence electrons. The number of aliphatic carboxylic acids is 1. The highest BCUT2D eigenvalue weighted by Crippen LogP contribution is 2.19. The Kier molecular flexibility index (Phi) is 9.65. The molecule has 2 heterocycles. The predicted molar refractivity (Wildman–Crippen MR) is 114 cm³/mol. The fraction of sp³-hybridized carbons (Fsp3) is 0.737. The van der Waals surface area contributed by atoms with Crippen LogP contribution in [0, 0.1) is 0 Å². The van der Waals surface area contributed by atoms with E-state index in [4.69, 9.17) is 11.5 Å². The Morgan fingerprint density at radius 1 is 1.12 bits per heavy atom. The van der Waals surface area contributed by atoms with Gasteiger partial charge in [-0.25, -0.2) is 4.79 Å². The van der Waals surface area contributed by atoms with Gasteiger partial charge in [0.2, 0.25) is 17.7 Å². The molecule has 2 saturated heterocycles. The number of aliphatic hydroxyl groups excluding tert-OH is 1. The van der Waals surface area contributed by atoms with Crippen molar-refractivity contribution in [2.45, 2.75) is 62.7 Å². The summed E-state index contributed by atoms with van der Waals surface area (Å²) >= 11 is 0. The topological polar surface area (TPSA) is 212 Å². The zero-order valence-corrected chi connectivity index (χ0v) is 18.0. The molecule has 2 rings (SSSR count). The van der Waals surface area contributed by atoms with Crippen molar-refractivity contribution in [1.82, 2.24) is 20.9 Å². The molecule has 0 aliphatic carbocycles. The monoisotopic (exact) mass is 455 g/mol. The van der Waals surface area contributed by atoms with Crippen LogP contribution in [0.5, 0.6) is 0 Å². The first-order chi connectivity index (χ1) is 15.2. The first-order valence-electron chi connectivity index (χ1n) is 10.8. The molecule has 0 spiro atoms. The summed E-state index contributed by atoms with van der Waals surface area (Å²) in [5.74, 6) is -2.88. The number of aliphatic hydroxyl groups is 1. The summed E-state index contributed by atoms with van der Waals surface area (Å²) in [5, 5.41) is 27.1. The Labute approximate surface area is 186 Å². The molecule has 0 radical (unpaired) electrons. The highest BCUT2D eigenvalue weighted by Gasteiger charge is 2.38. The van der Waals surface area contributed by atoms with Crippen LogP contribution < -0.4 is 27.4 Å². The van der Waals surface area contributed by atoms with Crippen LogP contribution in [0.1, 0.15) is 38.5 Å². The Morgan fingerprint density at radius 2 is 1.88 bits per heavy atom. The number of carbonyl (C=O) groups is 4. The summed E-state index contributed by atoms with van der Waals surface area (Å²) in [6.07, 6.45) is 2.84. The van der Waals surface area contributed by atoms with Gasteiger partial charge in [0.05, 0.1) is 12.6 Å². The van der Waals surface area contributed by atoms with E-state index in [-0.39, 0.29) is 25.5 Å². The number of nitrogens with one attached hydrogen (secondary N) is 3. The Balaban J connectivity index is 2.06. The van der Waals surface area contributed by atoms with Crippen LogP contribution in [0.25, 0.3) is 0 Å². The number of hydrogen-bond donors (Lipinski definition) is 7. The van der Waals surface area contributed by atoms with E-state index in [2.05, 4.69) is 20.9 Å². The maximum absolute atomic E-state index is 13.1. The summed E-state index contributed by atoms with van der Waals surface area (Å²) in [7, 11) is 0. The lowest BCUT2D eigenvalue weighted by molar-refractivity contribution is -0.149. The highest BCUT2D eigenvalue weighted by molar-refractivity contribution is 5.94. The first kappa shape index (κ1) is 25.3. The van der Waals surface area contributed by atoms with Gasteiger partial charge in [0.25, 0.3) is 0 Å². The summed E-state index contributed by atoms with van der Waals surface area (Å²) < 4.78 is 0. The Bertz CT molecular complexity index is 721. The molecule has 13 nitrogen and oxygen atoms in total. The van der Waals surface area contributed by atoms with Crippen molar-refractivity contribution in [2.24, 2.45) is 16.5 Å². The van der Waals surface area contributed by atoms with Crippen molar-refractivity contribution in [3.8, 4) is 0 Å². The Hall–Kier alpha value is -2.93. The zero-order valence-electron chi connectivity index (χ0n) is 18.0. The summed E-state index contributed by atoms with van der Waals surface area (Å²) in [5.41, 5.74) is 10.6. The van der Waals surface area contributed by atoms with E-state index >= 15 is 0 Å². The molecule has 0 aromatic rings. The van der Waals surface area contributed by atoms with E-state index in [1.165, 1.54) is 4.90 Å². The molecule has 32 heavy (non-hydrogen) atoms. The molecule has 2 aliphatic heterocycles. The van der Waals surface area contributed by atoms with Crippen LogP contribution in [0.2, 0.25) is 0 Å². The number of rotatable bonds is 11. The summed E-state index contributed by atoms with van der Waals surface area (Å²) in [6, 6.07) is -3.69. The molecule has 2 fully saturated rings. The van der Waals surface area contributed by atoms with Gasteiger partial charge in [0.15, 0.2) is 5.96 Å². The number of nitrogens with zero attached hydrogens (tertiary/aromatic N) is 2. The van der Waals surface area contributed by atoms with Gasteiger partial charge in [0.1, 0.15) is 18.1 Å². The fourth-order valence-corrected chi connectivity index (χ4v) is 3.90. The van der Waals surface area contributed by atoms with Gasteiger partial charge in [-0.2, -0.15) is 0 Å². The third-order valence-electron chi connectivity index (χ3n) is 5.57. The van der Waals surface area contributed by atoms with E-state index < -0.39 is 54.5 Å². The number of aliphatic imine (C=N–C) groups is 1. The van der Waals surface area contributed by atoms with Gasteiger partial charge in [-0.3, -0.25) is 19.4 Å². The molecule has 13 heteroatoms. The number of amides is 3. The third kappa shape index (κ3) is 7.05. The van der Waals surface area contributed by atoms with Crippen LogP contribution in [-0.4, -0.2) is 95.2 Å². The normalized spacial score (nSPS) is 22.1. The lowest BCUT2D eigenvalue weighted by atomic mass is 10.1. The molecule has 0 aromatic heterocycles. The van der Waals surface area contributed by atoms with Crippen LogP contribution >= 0.6 is 0 Å². The molecule has 4 atom stereocenters. The number of hydrogen-bond acceptors (Lipinski definition) is 7. The lowest BCUT2D eigenvalue weighted by Gasteiger charge is -2.28. The van der Waals surface area contributed by atoms with Crippen molar-refractivity contribution in [3.63, 3.8) is 0 Å². The molecule has 3 amide bonds. The van der Waals surface area contributed by atoms with Crippen LogP contribution in [0.3, 0.4) is 0 Å². The molecule has 0 saturated carbocycles. The predicted octanol–water partition coefficient (Wildman–Crippen LogP) is -3.17. The zero-order chi connectivity index (χ0) is 23.7. The minimum absolute atomic E-state index is 0.106. The number of carboxylic acid groups (broad SMARTS) is 1. The maximum Gasteiger partial charge on any atom is 0.326 e. The van der Waals surface area contributed by atoms with Gasteiger partial charge >= 0.3 is 5.97 Å². The fourth-order valence-electron chi connectivity index (χ4n) is 3.90. The largest absolute Gasteiger partial charge is 0.480 e. The van der Waals surface area contributed by atoms with E-state index in [1.54, 1.807) is 0 Å². The number of guanidine groups is 1. The van der Waals surface area contributed by atoms with Crippen molar-refractivity contribution >= 4 is 29.7 Å². The van der Waals surface area contributed by atoms with Gasteiger partial charge < -0.3 is 42.5 Å². The molecule has 4 unspecified atom stereocenters. The smallest absolute Gasteiger partial charge is 0.326 e. The molecule has 0 aromatic carbocycles.